The van der Waals surface area contributed by atoms with E-state index in [9.17, 15) is 9.59 Å². The molecule has 16 heavy (non-hydrogen) atoms. The van der Waals surface area contributed by atoms with Gasteiger partial charge in [-0.05, 0) is 13.3 Å². The molecule has 1 heterocycles. The molecule has 0 radical (unpaired) electrons. The average molecular weight is 242 g/mol. The van der Waals surface area contributed by atoms with Crippen molar-refractivity contribution >= 4 is 17.2 Å². The normalized spacial score (nSPS) is 10.4. The summed E-state index contributed by atoms with van der Waals surface area (Å²) in [5.74, 6) is 0.0194. The largest absolute Gasteiger partial charge is 0.356 e. The molecular formula is C11H18N2O2S. The monoisotopic (exact) mass is 242 g/mol. The second kappa shape index (κ2) is 6.48. The molecule has 0 aliphatic rings. The minimum absolute atomic E-state index is 0.0128. The number of carbonyl (C=O) groups excluding carboxylic acids is 1. The van der Waals surface area contributed by atoms with Gasteiger partial charge in [-0.3, -0.25) is 9.59 Å². The number of rotatable bonds is 6. The maximum absolute atomic E-state index is 11.4. The van der Waals surface area contributed by atoms with Crippen molar-refractivity contribution in [3.05, 3.63) is 20.7 Å². The molecule has 0 aliphatic heterocycles. The van der Waals surface area contributed by atoms with Gasteiger partial charge in [0.2, 0.25) is 5.91 Å². The number of hydrogen-bond donors (Lipinski definition) is 1. The van der Waals surface area contributed by atoms with Crippen LogP contribution in [0.1, 0.15) is 31.9 Å². The summed E-state index contributed by atoms with van der Waals surface area (Å²) in [4.78, 5) is 22.8. The van der Waals surface area contributed by atoms with Crippen molar-refractivity contribution in [1.29, 1.82) is 0 Å². The van der Waals surface area contributed by atoms with E-state index in [0.717, 1.165) is 25.1 Å². The van der Waals surface area contributed by atoms with Gasteiger partial charge in [-0.2, -0.15) is 0 Å². The summed E-state index contributed by atoms with van der Waals surface area (Å²) < 4.78 is 1.64. The second-order valence-corrected chi connectivity index (χ2v) is 4.57. The first kappa shape index (κ1) is 13.0. The van der Waals surface area contributed by atoms with Crippen molar-refractivity contribution < 1.29 is 4.79 Å². The molecule has 1 rings (SSSR count). The highest BCUT2D eigenvalue weighted by Gasteiger charge is 2.05. The number of amides is 1. The molecular weight excluding hydrogens is 224 g/mol. The van der Waals surface area contributed by atoms with Crippen molar-refractivity contribution in [1.82, 2.24) is 9.88 Å². The molecule has 0 spiro atoms. The molecule has 1 aromatic heterocycles. The molecule has 0 fully saturated rings. The summed E-state index contributed by atoms with van der Waals surface area (Å²) in [6, 6.07) is 0. The summed E-state index contributed by atoms with van der Waals surface area (Å²) in [5.41, 5.74) is 0.927. The van der Waals surface area contributed by atoms with E-state index in [0.29, 0.717) is 13.0 Å². The third-order valence-corrected chi connectivity index (χ3v) is 3.27. The van der Waals surface area contributed by atoms with Crippen molar-refractivity contribution in [3.8, 4) is 0 Å². The van der Waals surface area contributed by atoms with Crippen molar-refractivity contribution in [2.75, 3.05) is 6.54 Å². The highest BCUT2D eigenvalue weighted by molar-refractivity contribution is 7.07. The van der Waals surface area contributed by atoms with E-state index in [4.69, 9.17) is 0 Å². The molecule has 0 aliphatic carbocycles. The molecule has 1 amide bonds. The Hall–Kier alpha value is -1.10. The van der Waals surface area contributed by atoms with E-state index in [1.807, 2.05) is 12.3 Å². The van der Waals surface area contributed by atoms with Crippen LogP contribution in [0.15, 0.2) is 10.2 Å². The third-order valence-electron chi connectivity index (χ3n) is 2.39. The first-order valence-corrected chi connectivity index (χ1v) is 6.44. The van der Waals surface area contributed by atoms with E-state index in [1.165, 1.54) is 11.3 Å². The quantitative estimate of drug-likeness (QED) is 0.769. The lowest BCUT2D eigenvalue weighted by Crippen LogP contribution is -2.27. The fourth-order valence-electron chi connectivity index (χ4n) is 1.38. The number of thiazole rings is 1. The molecule has 0 unspecified atom stereocenters. The fourth-order valence-corrected chi connectivity index (χ4v) is 2.14. The molecule has 0 aromatic carbocycles. The maximum Gasteiger partial charge on any atom is 0.307 e. The number of unbranched alkanes of at least 4 members (excludes halogenated alkanes) is 1. The van der Waals surface area contributed by atoms with Gasteiger partial charge in [-0.15, -0.1) is 0 Å². The van der Waals surface area contributed by atoms with Crippen LogP contribution in [0.3, 0.4) is 0 Å². The van der Waals surface area contributed by atoms with Crippen LogP contribution in [0.4, 0.5) is 0 Å². The van der Waals surface area contributed by atoms with Crippen LogP contribution in [-0.4, -0.2) is 17.0 Å². The Labute approximate surface area is 99.3 Å². The van der Waals surface area contributed by atoms with Crippen LogP contribution in [0.25, 0.3) is 0 Å². The summed E-state index contributed by atoms with van der Waals surface area (Å²) in [7, 11) is 0. The Morgan fingerprint density at radius 1 is 1.56 bits per heavy atom. The van der Waals surface area contributed by atoms with Gasteiger partial charge in [-0.25, -0.2) is 0 Å². The molecule has 5 heteroatoms. The summed E-state index contributed by atoms with van der Waals surface area (Å²) in [5, 5.41) is 4.65. The summed E-state index contributed by atoms with van der Waals surface area (Å²) in [6.45, 7) is 5.17. The van der Waals surface area contributed by atoms with Gasteiger partial charge in [-0.1, -0.05) is 24.7 Å². The topological polar surface area (TPSA) is 51.1 Å². The Bertz CT molecular complexity index is 395. The average Bonchev–Trinajstić information content (AvgIpc) is 2.57. The third kappa shape index (κ3) is 3.81. The van der Waals surface area contributed by atoms with Gasteiger partial charge in [0.1, 0.15) is 0 Å². The van der Waals surface area contributed by atoms with Crippen molar-refractivity contribution in [2.24, 2.45) is 0 Å². The Morgan fingerprint density at radius 2 is 2.31 bits per heavy atom. The number of hydrogen-bond acceptors (Lipinski definition) is 3. The van der Waals surface area contributed by atoms with Crippen LogP contribution in [0.2, 0.25) is 0 Å². The standard InChI is InChI=1S/C11H18N2O2S/c1-3-4-6-12-10(14)5-7-13-9(2)8-16-11(13)15/h8H,3-7H2,1-2H3,(H,12,14). The summed E-state index contributed by atoms with van der Waals surface area (Å²) >= 11 is 1.18. The lowest BCUT2D eigenvalue weighted by atomic mass is 10.3. The molecule has 0 saturated carbocycles. The molecule has 90 valence electrons. The molecule has 4 nitrogen and oxygen atoms in total. The lowest BCUT2D eigenvalue weighted by Gasteiger charge is -2.05. The first-order chi connectivity index (χ1) is 7.65. The number of carbonyl (C=O) groups is 1. The highest BCUT2D eigenvalue weighted by atomic mass is 32.1. The van der Waals surface area contributed by atoms with Gasteiger partial charge in [0.15, 0.2) is 0 Å². The zero-order valence-electron chi connectivity index (χ0n) is 9.78. The van der Waals surface area contributed by atoms with Crippen LogP contribution >= 0.6 is 11.3 Å². The number of nitrogens with zero attached hydrogens (tertiary/aromatic N) is 1. The Kier molecular flexibility index (Phi) is 5.25. The van der Waals surface area contributed by atoms with Crippen LogP contribution in [-0.2, 0) is 11.3 Å². The number of nitrogens with one attached hydrogen (secondary N) is 1. The van der Waals surface area contributed by atoms with E-state index >= 15 is 0 Å². The Balaban J connectivity index is 2.34. The van der Waals surface area contributed by atoms with Crippen molar-refractivity contribution in [3.63, 3.8) is 0 Å². The van der Waals surface area contributed by atoms with E-state index in [1.54, 1.807) is 4.57 Å². The molecule has 0 bridgehead atoms. The van der Waals surface area contributed by atoms with E-state index in [-0.39, 0.29) is 10.8 Å². The smallest absolute Gasteiger partial charge is 0.307 e. The summed E-state index contributed by atoms with van der Waals surface area (Å²) in [6.07, 6.45) is 2.45. The van der Waals surface area contributed by atoms with Crippen molar-refractivity contribution in [2.45, 2.75) is 39.7 Å². The number of aromatic nitrogens is 1. The van der Waals surface area contributed by atoms with Gasteiger partial charge < -0.3 is 9.88 Å². The molecule has 1 aromatic rings. The minimum atomic E-state index is 0.0128. The van der Waals surface area contributed by atoms with Crippen LogP contribution < -0.4 is 10.2 Å². The van der Waals surface area contributed by atoms with Gasteiger partial charge in [0, 0.05) is 30.6 Å². The SMILES string of the molecule is CCCCNC(=O)CCn1c(C)csc1=O. The lowest BCUT2D eigenvalue weighted by molar-refractivity contribution is -0.121. The zero-order chi connectivity index (χ0) is 12.0. The highest BCUT2D eigenvalue weighted by Crippen LogP contribution is 2.00. The molecule has 0 atom stereocenters. The maximum atomic E-state index is 11.4. The van der Waals surface area contributed by atoms with E-state index < -0.39 is 0 Å². The zero-order valence-corrected chi connectivity index (χ0v) is 10.6. The second-order valence-electron chi connectivity index (χ2n) is 3.75. The van der Waals surface area contributed by atoms with Gasteiger partial charge in [0.25, 0.3) is 0 Å². The molecule has 1 N–H and O–H groups in total. The predicted octanol–water partition coefficient (Wildman–Crippen LogP) is 1.52. The minimum Gasteiger partial charge on any atom is -0.356 e. The fraction of sp³-hybridized carbons (Fsp3) is 0.636. The Morgan fingerprint density at radius 3 is 2.88 bits per heavy atom. The van der Waals surface area contributed by atoms with E-state index in [2.05, 4.69) is 12.2 Å². The number of aryl methyl sites for hydroxylation is 1. The van der Waals surface area contributed by atoms with Crippen LogP contribution in [0, 0.1) is 6.92 Å². The van der Waals surface area contributed by atoms with Crippen LogP contribution in [0.5, 0.6) is 0 Å². The predicted molar refractivity (Wildman–Crippen MR) is 65.9 cm³/mol. The molecule has 0 saturated heterocycles. The van der Waals surface area contributed by atoms with Gasteiger partial charge >= 0.3 is 4.87 Å². The van der Waals surface area contributed by atoms with Gasteiger partial charge in [0.05, 0.1) is 0 Å². The first-order valence-electron chi connectivity index (χ1n) is 5.56.